The van der Waals surface area contributed by atoms with E-state index in [-0.39, 0.29) is 17.9 Å². The number of rotatable bonds is 6. The number of thioether (sulfide) groups is 1. The Kier molecular flexibility index (Phi) is 7.42. The third-order valence-electron chi connectivity index (χ3n) is 7.46. The molecule has 0 bridgehead atoms. The highest BCUT2D eigenvalue weighted by molar-refractivity contribution is 7.98. The number of amides is 2. The third-order valence-corrected chi connectivity index (χ3v) is 8.54. The zero-order valence-electron chi connectivity index (χ0n) is 21.7. The molecule has 5 rings (SSSR count). The third kappa shape index (κ3) is 5.47. The minimum absolute atomic E-state index is 0.00794. The fraction of sp³-hybridized carbons (Fsp3) is 0.333. The molecule has 0 unspecified atom stereocenters. The van der Waals surface area contributed by atoms with Crippen molar-refractivity contribution >= 4 is 40.6 Å². The van der Waals surface area contributed by atoms with Crippen LogP contribution in [-0.4, -0.2) is 54.7 Å². The molecule has 0 saturated carbocycles. The number of carbonyl (C=O) groups excluding carboxylic acids is 2. The lowest BCUT2D eigenvalue weighted by atomic mass is 10.1. The monoisotopic (exact) mass is 514 g/mol. The average Bonchev–Trinajstić information content (AvgIpc) is 2.91. The van der Waals surface area contributed by atoms with Gasteiger partial charge in [0, 0.05) is 48.9 Å². The van der Waals surface area contributed by atoms with Crippen LogP contribution in [0, 0.1) is 20.8 Å². The van der Waals surface area contributed by atoms with Gasteiger partial charge in [0.1, 0.15) is 6.04 Å². The van der Waals surface area contributed by atoms with Gasteiger partial charge in [-0.3, -0.25) is 9.59 Å². The van der Waals surface area contributed by atoms with E-state index in [4.69, 9.17) is 0 Å². The molecule has 2 aliphatic rings. The molecule has 2 aliphatic heterocycles. The Balaban J connectivity index is 1.18. The van der Waals surface area contributed by atoms with Gasteiger partial charge in [-0.2, -0.15) is 11.8 Å². The second kappa shape index (κ2) is 10.9. The van der Waals surface area contributed by atoms with Crippen molar-refractivity contribution in [3.63, 3.8) is 0 Å². The maximum Gasteiger partial charge on any atom is 0.254 e. The average molecular weight is 515 g/mol. The largest absolute Gasteiger partial charge is 0.371 e. The summed E-state index contributed by atoms with van der Waals surface area (Å²) in [5.74, 6) is 1.49. The van der Waals surface area contributed by atoms with Crippen molar-refractivity contribution in [1.29, 1.82) is 0 Å². The van der Waals surface area contributed by atoms with E-state index >= 15 is 0 Å². The lowest BCUT2D eigenvalue weighted by Crippen LogP contribution is -2.49. The van der Waals surface area contributed by atoms with Crippen LogP contribution in [0.15, 0.2) is 60.7 Å². The Bertz CT molecular complexity index is 1320. The summed E-state index contributed by atoms with van der Waals surface area (Å²) in [6, 6.07) is 20.0. The Labute approximate surface area is 223 Å². The number of piperazine rings is 1. The standard InChI is InChI=1S/C30H34N4O2S/c1-20-8-6-10-28(22(20)3)33-13-15-34(16-14-33)30(36)23-11-12-25-26(17-23)32-29(35)27(31-25)19-37-18-24-9-5-4-7-21(24)2/h4-12,17,27,31H,13-16,18-19H2,1-3H3,(H,32,35)/t27-/m1/s1. The highest BCUT2D eigenvalue weighted by Gasteiger charge is 2.28. The Morgan fingerprint density at radius 1 is 0.919 bits per heavy atom. The van der Waals surface area contributed by atoms with Crippen LogP contribution in [0.3, 0.4) is 0 Å². The molecule has 0 spiro atoms. The van der Waals surface area contributed by atoms with Crippen LogP contribution >= 0.6 is 11.8 Å². The zero-order valence-corrected chi connectivity index (χ0v) is 22.5. The maximum absolute atomic E-state index is 13.3. The summed E-state index contributed by atoms with van der Waals surface area (Å²) in [6.07, 6.45) is 0. The van der Waals surface area contributed by atoms with Crippen molar-refractivity contribution in [3.05, 3.63) is 88.5 Å². The maximum atomic E-state index is 13.3. The second-order valence-corrected chi connectivity index (χ2v) is 10.9. The van der Waals surface area contributed by atoms with Crippen LogP contribution in [0.1, 0.15) is 32.6 Å². The number of anilines is 3. The van der Waals surface area contributed by atoms with Crippen LogP contribution in [0.4, 0.5) is 17.1 Å². The molecule has 3 aromatic rings. The van der Waals surface area contributed by atoms with Gasteiger partial charge in [-0.15, -0.1) is 0 Å². The number of benzene rings is 3. The summed E-state index contributed by atoms with van der Waals surface area (Å²) in [7, 11) is 0. The molecular weight excluding hydrogens is 480 g/mol. The predicted molar refractivity (Wildman–Crippen MR) is 154 cm³/mol. The van der Waals surface area contributed by atoms with Gasteiger partial charge in [-0.25, -0.2) is 0 Å². The molecule has 2 N–H and O–H groups in total. The summed E-state index contributed by atoms with van der Waals surface area (Å²) in [6.45, 7) is 9.37. The Hall–Kier alpha value is -3.45. The van der Waals surface area contributed by atoms with Gasteiger partial charge < -0.3 is 20.4 Å². The van der Waals surface area contributed by atoms with Gasteiger partial charge in [-0.05, 0) is 67.3 Å². The van der Waals surface area contributed by atoms with Crippen LogP contribution in [0.5, 0.6) is 0 Å². The van der Waals surface area contributed by atoms with Crippen molar-refractivity contribution in [3.8, 4) is 0 Å². The predicted octanol–water partition coefficient (Wildman–Crippen LogP) is 5.24. The van der Waals surface area contributed by atoms with Gasteiger partial charge in [0.05, 0.1) is 11.4 Å². The van der Waals surface area contributed by atoms with Crippen molar-refractivity contribution in [1.82, 2.24) is 4.90 Å². The van der Waals surface area contributed by atoms with Crippen molar-refractivity contribution < 1.29 is 9.59 Å². The molecule has 1 atom stereocenters. The van der Waals surface area contributed by atoms with E-state index in [9.17, 15) is 9.59 Å². The molecule has 1 saturated heterocycles. The van der Waals surface area contributed by atoms with Crippen molar-refractivity contribution in [2.24, 2.45) is 0 Å². The topological polar surface area (TPSA) is 64.7 Å². The number of fused-ring (bicyclic) bond motifs is 1. The molecule has 3 aromatic carbocycles. The van der Waals surface area contributed by atoms with Crippen molar-refractivity contribution in [2.75, 3.05) is 47.5 Å². The van der Waals surface area contributed by atoms with E-state index < -0.39 is 0 Å². The van der Waals surface area contributed by atoms with E-state index in [0.29, 0.717) is 30.1 Å². The number of nitrogens with one attached hydrogen (secondary N) is 2. The molecule has 7 heteroatoms. The van der Waals surface area contributed by atoms with Gasteiger partial charge >= 0.3 is 0 Å². The summed E-state index contributed by atoms with van der Waals surface area (Å²) < 4.78 is 0. The quantitative estimate of drug-likeness (QED) is 0.471. The molecule has 192 valence electrons. The highest BCUT2D eigenvalue weighted by Crippen LogP contribution is 2.30. The van der Waals surface area contributed by atoms with Crippen LogP contribution in [-0.2, 0) is 10.5 Å². The molecule has 2 heterocycles. The number of nitrogens with zero attached hydrogens (tertiary/aromatic N) is 2. The minimum atomic E-state index is -0.304. The van der Waals surface area contributed by atoms with Gasteiger partial charge in [-0.1, -0.05) is 36.4 Å². The van der Waals surface area contributed by atoms with E-state index in [1.54, 1.807) is 17.8 Å². The number of hydrogen-bond acceptors (Lipinski definition) is 5. The molecule has 0 radical (unpaired) electrons. The summed E-state index contributed by atoms with van der Waals surface area (Å²) in [5, 5.41) is 6.38. The molecule has 1 fully saturated rings. The SMILES string of the molecule is Cc1ccccc1CSC[C@H]1Nc2ccc(C(=O)N3CCN(c4cccc(C)c4C)CC3)cc2NC1=O. The van der Waals surface area contributed by atoms with E-state index in [1.807, 2.05) is 23.1 Å². The first kappa shape index (κ1) is 25.2. The second-order valence-electron chi connectivity index (χ2n) is 9.89. The lowest BCUT2D eigenvalue weighted by molar-refractivity contribution is -0.116. The number of aryl methyl sites for hydroxylation is 2. The Morgan fingerprint density at radius 3 is 2.46 bits per heavy atom. The molecular formula is C30H34N4O2S. The first-order valence-corrected chi connectivity index (χ1v) is 14.0. The Morgan fingerprint density at radius 2 is 1.68 bits per heavy atom. The van der Waals surface area contributed by atoms with Crippen LogP contribution in [0.2, 0.25) is 0 Å². The molecule has 6 nitrogen and oxygen atoms in total. The smallest absolute Gasteiger partial charge is 0.254 e. The first-order valence-electron chi connectivity index (χ1n) is 12.8. The summed E-state index contributed by atoms with van der Waals surface area (Å²) in [4.78, 5) is 30.3. The normalized spacial score (nSPS) is 17.2. The van der Waals surface area contributed by atoms with Gasteiger partial charge in [0.15, 0.2) is 0 Å². The summed E-state index contributed by atoms with van der Waals surface area (Å²) in [5.41, 5.74) is 8.53. The fourth-order valence-electron chi connectivity index (χ4n) is 4.97. The van der Waals surface area contributed by atoms with Gasteiger partial charge in [0.2, 0.25) is 5.91 Å². The van der Waals surface area contributed by atoms with E-state index in [1.165, 1.54) is 27.9 Å². The molecule has 0 aliphatic carbocycles. The molecule has 2 amide bonds. The summed E-state index contributed by atoms with van der Waals surface area (Å²) >= 11 is 1.74. The van der Waals surface area contributed by atoms with E-state index in [0.717, 1.165) is 24.5 Å². The molecule has 0 aromatic heterocycles. The highest BCUT2D eigenvalue weighted by atomic mass is 32.2. The van der Waals surface area contributed by atoms with Crippen LogP contribution in [0.25, 0.3) is 0 Å². The number of carbonyl (C=O) groups is 2. The van der Waals surface area contributed by atoms with Crippen LogP contribution < -0.4 is 15.5 Å². The van der Waals surface area contributed by atoms with E-state index in [2.05, 4.69) is 72.7 Å². The zero-order chi connectivity index (χ0) is 25.9. The molecule has 37 heavy (non-hydrogen) atoms. The van der Waals surface area contributed by atoms with Crippen molar-refractivity contribution in [2.45, 2.75) is 32.6 Å². The minimum Gasteiger partial charge on any atom is -0.371 e. The van der Waals surface area contributed by atoms with Gasteiger partial charge in [0.25, 0.3) is 5.91 Å². The fourth-order valence-corrected chi connectivity index (χ4v) is 6.10. The first-order chi connectivity index (χ1) is 17.9. The lowest BCUT2D eigenvalue weighted by Gasteiger charge is -2.37. The number of hydrogen-bond donors (Lipinski definition) is 2.